The Bertz CT molecular complexity index is 406. The quantitative estimate of drug-likeness (QED) is 0.822. The Morgan fingerprint density at radius 1 is 1.33 bits per heavy atom. The molecule has 1 fully saturated rings. The van der Waals surface area contributed by atoms with E-state index in [2.05, 4.69) is 26.7 Å². The molecule has 0 aliphatic heterocycles. The van der Waals surface area contributed by atoms with Crippen LogP contribution >= 0.6 is 15.9 Å². The van der Waals surface area contributed by atoms with Gasteiger partial charge < -0.3 is 5.32 Å². The Balaban J connectivity index is 1.70. The molecule has 2 N–H and O–H groups in total. The number of halogens is 1. The topological polar surface area (TPSA) is 50.4 Å². The molecule has 1 amide bonds. The van der Waals surface area contributed by atoms with Gasteiger partial charge in [0, 0.05) is 4.47 Å². The van der Waals surface area contributed by atoms with Crippen molar-refractivity contribution in [2.45, 2.75) is 31.8 Å². The largest absolute Gasteiger partial charge is 0.324 e. The number of rotatable bonds is 5. The SMILES string of the molecule is O=C(CNOC1CCCC1)Nc1ccccc1Br. The highest BCUT2D eigenvalue weighted by Gasteiger charge is 2.15. The summed E-state index contributed by atoms with van der Waals surface area (Å²) in [5.41, 5.74) is 3.51. The third kappa shape index (κ3) is 4.08. The minimum atomic E-state index is -0.111. The van der Waals surface area contributed by atoms with E-state index in [1.165, 1.54) is 12.8 Å². The van der Waals surface area contributed by atoms with Gasteiger partial charge in [0.05, 0.1) is 11.8 Å². The number of hydrogen-bond acceptors (Lipinski definition) is 3. The van der Waals surface area contributed by atoms with Crippen LogP contribution in [0.3, 0.4) is 0 Å². The van der Waals surface area contributed by atoms with E-state index in [9.17, 15) is 4.79 Å². The molecule has 98 valence electrons. The maximum atomic E-state index is 11.7. The normalized spacial score (nSPS) is 15.8. The number of hydroxylamine groups is 1. The molecule has 0 aromatic heterocycles. The van der Waals surface area contributed by atoms with E-state index < -0.39 is 0 Å². The second-order valence-corrected chi connectivity index (χ2v) is 5.23. The van der Waals surface area contributed by atoms with E-state index in [1.54, 1.807) is 0 Å². The van der Waals surface area contributed by atoms with Crippen LogP contribution in [0.4, 0.5) is 5.69 Å². The molecule has 1 aromatic rings. The molecule has 5 heteroatoms. The summed E-state index contributed by atoms with van der Waals surface area (Å²) >= 11 is 3.38. The van der Waals surface area contributed by atoms with Gasteiger partial charge in [0.1, 0.15) is 6.54 Å². The number of nitrogens with one attached hydrogen (secondary N) is 2. The van der Waals surface area contributed by atoms with Crippen molar-refractivity contribution in [1.82, 2.24) is 5.48 Å². The number of anilines is 1. The molecule has 2 rings (SSSR count). The average Bonchev–Trinajstić information content (AvgIpc) is 2.85. The molecule has 0 radical (unpaired) electrons. The zero-order chi connectivity index (χ0) is 12.8. The summed E-state index contributed by atoms with van der Waals surface area (Å²) in [6, 6.07) is 7.52. The third-order valence-corrected chi connectivity index (χ3v) is 3.62. The summed E-state index contributed by atoms with van der Waals surface area (Å²) in [4.78, 5) is 17.1. The van der Waals surface area contributed by atoms with Crippen molar-refractivity contribution < 1.29 is 9.63 Å². The zero-order valence-corrected chi connectivity index (χ0v) is 11.7. The second-order valence-electron chi connectivity index (χ2n) is 4.37. The van der Waals surface area contributed by atoms with Crippen molar-refractivity contribution in [1.29, 1.82) is 0 Å². The van der Waals surface area contributed by atoms with Gasteiger partial charge in [-0.3, -0.25) is 9.63 Å². The lowest BCUT2D eigenvalue weighted by atomic mass is 10.3. The van der Waals surface area contributed by atoms with Crippen molar-refractivity contribution in [3.8, 4) is 0 Å². The molecule has 0 bridgehead atoms. The molecule has 18 heavy (non-hydrogen) atoms. The molecule has 0 spiro atoms. The minimum absolute atomic E-state index is 0.111. The second kappa shape index (κ2) is 6.87. The summed E-state index contributed by atoms with van der Waals surface area (Å²) < 4.78 is 0.870. The summed E-state index contributed by atoms with van der Waals surface area (Å²) in [7, 11) is 0. The molecule has 0 heterocycles. The van der Waals surface area contributed by atoms with Gasteiger partial charge in [0.2, 0.25) is 5.91 Å². The van der Waals surface area contributed by atoms with Crippen LogP contribution in [-0.4, -0.2) is 18.6 Å². The van der Waals surface area contributed by atoms with Crippen LogP contribution in [0.5, 0.6) is 0 Å². The molecule has 1 saturated carbocycles. The Hall–Kier alpha value is -0.910. The lowest BCUT2D eigenvalue weighted by Gasteiger charge is -2.12. The van der Waals surface area contributed by atoms with Gasteiger partial charge in [-0.1, -0.05) is 25.0 Å². The maximum absolute atomic E-state index is 11.7. The predicted molar refractivity (Wildman–Crippen MR) is 74.1 cm³/mol. The Kier molecular flexibility index (Phi) is 5.16. The molecular formula is C13H17BrN2O2. The van der Waals surface area contributed by atoms with E-state index in [-0.39, 0.29) is 18.6 Å². The first-order valence-corrected chi connectivity index (χ1v) is 6.98. The fraction of sp³-hybridized carbons (Fsp3) is 0.462. The van der Waals surface area contributed by atoms with E-state index >= 15 is 0 Å². The van der Waals surface area contributed by atoms with Gasteiger partial charge in [-0.2, -0.15) is 5.48 Å². The smallest absolute Gasteiger partial charge is 0.240 e. The van der Waals surface area contributed by atoms with Gasteiger partial charge in [-0.05, 0) is 40.9 Å². The number of hydrogen-bond donors (Lipinski definition) is 2. The zero-order valence-electron chi connectivity index (χ0n) is 10.1. The summed E-state index contributed by atoms with van der Waals surface area (Å²) in [5.74, 6) is -0.111. The monoisotopic (exact) mass is 312 g/mol. The molecule has 0 atom stereocenters. The van der Waals surface area contributed by atoms with Crippen LogP contribution in [0.25, 0.3) is 0 Å². The average molecular weight is 313 g/mol. The van der Waals surface area contributed by atoms with E-state index in [0.29, 0.717) is 0 Å². The van der Waals surface area contributed by atoms with Crippen molar-refractivity contribution in [2.75, 3.05) is 11.9 Å². The molecule has 1 aliphatic rings. The number of benzene rings is 1. The van der Waals surface area contributed by atoms with Crippen LogP contribution < -0.4 is 10.8 Å². The summed E-state index contributed by atoms with van der Waals surface area (Å²) in [6.45, 7) is 0.165. The minimum Gasteiger partial charge on any atom is -0.324 e. The van der Waals surface area contributed by atoms with Crippen molar-refractivity contribution in [3.05, 3.63) is 28.7 Å². The maximum Gasteiger partial charge on any atom is 0.240 e. The lowest BCUT2D eigenvalue weighted by Crippen LogP contribution is -2.31. The van der Waals surface area contributed by atoms with Crippen LogP contribution in [0.1, 0.15) is 25.7 Å². The van der Waals surface area contributed by atoms with Crippen molar-refractivity contribution in [3.63, 3.8) is 0 Å². The third-order valence-electron chi connectivity index (χ3n) is 2.93. The summed E-state index contributed by atoms with van der Waals surface area (Å²) in [5, 5.41) is 2.81. The highest BCUT2D eigenvalue weighted by Crippen LogP contribution is 2.21. The van der Waals surface area contributed by atoms with E-state index in [4.69, 9.17) is 4.84 Å². The fourth-order valence-electron chi connectivity index (χ4n) is 1.99. The molecular weight excluding hydrogens is 296 g/mol. The van der Waals surface area contributed by atoms with Gasteiger partial charge in [0.15, 0.2) is 0 Å². The standard InChI is InChI=1S/C13H17BrN2O2/c14-11-7-3-4-8-12(11)16-13(17)9-15-18-10-5-1-2-6-10/h3-4,7-8,10,15H,1-2,5-6,9H2,(H,16,17). The van der Waals surface area contributed by atoms with Crippen molar-refractivity contribution >= 4 is 27.5 Å². The molecule has 0 unspecified atom stereocenters. The number of carbonyl (C=O) groups excluding carboxylic acids is 1. The first-order valence-electron chi connectivity index (χ1n) is 6.18. The molecule has 1 aromatic carbocycles. The van der Waals surface area contributed by atoms with Crippen LogP contribution in [0.2, 0.25) is 0 Å². The van der Waals surface area contributed by atoms with Gasteiger partial charge in [0.25, 0.3) is 0 Å². The molecule has 4 nitrogen and oxygen atoms in total. The van der Waals surface area contributed by atoms with E-state index in [1.807, 2.05) is 24.3 Å². The van der Waals surface area contributed by atoms with Gasteiger partial charge in [-0.15, -0.1) is 0 Å². The summed E-state index contributed by atoms with van der Waals surface area (Å²) in [6.07, 6.45) is 4.86. The molecule has 1 aliphatic carbocycles. The predicted octanol–water partition coefficient (Wildman–Crippen LogP) is 2.85. The number of amides is 1. The Labute approximate surface area is 115 Å². The number of carbonyl (C=O) groups is 1. The van der Waals surface area contributed by atoms with Crippen LogP contribution in [-0.2, 0) is 9.63 Å². The first-order chi connectivity index (χ1) is 8.75. The highest BCUT2D eigenvalue weighted by molar-refractivity contribution is 9.10. The van der Waals surface area contributed by atoms with Gasteiger partial charge >= 0.3 is 0 Å². The first kappa shape index (κ1) is 13.5. The Morgan fingerprint density at radius 3 is 2.78 bits per heavy atom. The number of para-hydroxylation sites is 1. The lowest BCUT2D eigenvalue weighted by molar-refractivity contribution is -0.119. The van der Waals surface area contributed by atoms with Crippen LogP contribution in [0, 0.1) is 0 Å². The van der Waals surface area contributed by atoms with Crippen molar-refractivity contribution in [2.24, 2.45) is 0 Å². The van der Waals surface area contributed by atoms with Crippen LogP contribution in [0.15, 0.2) is 28.7 Å². The Morgan fingerprint density at radius 2 is 2.06 bits per heavy atom. The fourth-order valence-corrected chi connectivity index (χ4v) is 2.37. The van der Waals surface area contributed by atoms with E-state index in [0.717, 1.165) is 23.0 Å². The highest BCUT2D eigenvalue weighted by atomic mass is 79.9. The van der Waals surface area contributed by atoms with Gasteiger partial charge in [-0.25, -0.2) is 0 Å². The molecule has 0 saturated heterocycles.